The summed E-state index contributed by atoms with van der Waals surface area (Å²) in [6, 6.07) is 3.43. The maximum Gasteiger partial charge on any atom is 0.322 e. The normalized spacial score (nSPS) is 10.4. The van der Waals surface area contributed by atoms with Gasteiger partial charge in [-0.1, -0.05) is 15.9 Å². The summed E-state index contributed by atoms with van der Waals surface area (Å²) in [5, 5.41) is 20.4. The van der Waals surface area contributed by atoms with Crippen molar-refractivity contribution < 1.29 is 15.0 Å². The van der Waals surface area contributed by atoms with Gasteiger partial charge in [0.05, 0.1) is 19.8 Å². The van der Waals surface area contributed by atoms with E-state index in [1.807, 2.05) is 26.0 Å². The molecule has 0 aliphatic carbocycles. The number of amides is 2. The van der Waals surface area contributed by atoms with Gasteiger partial charge in [0.25, 0.3) is 0 Å². The smallest absolute Gasteiger partial charge is 0.322 e. The molecule has 0 aromatic heterocycles. The highest BCUT2D eigenvalue weighted by atomic mass is 79.9. The Balaban J connectivity index is 3.01. The molecule has 0 bridgehead atoms. The molecule has 0 spiro atoms. The first-order valence-corrected chi connectivity index (χ1v) is 6.84. The molecule has 0 radical (unpaired) electrons. The molecule has 0 heterocycles. The van der Waals surface area contributed by atoms with Gasteiger partial charge in [0.1, 0.15) is 0 Å². The molecule has 0 atom stereocenters. The Morgan fingerprint density at radius 2 is 1.84 bits per heavy atom. The highest BCUT2D eigenvalue weighted by Crippen LogP contribution is 2.27. The largest absolute Gasteiger partial charge is 0.395 e. The molecule has 3 N–H and O–H groups in total. The van der Waals surface area contributed by atoms with E-state index in [0.717, 1.165) is 21.3 Å². The predicted octanol–water partition coefficient (Wildman–Crippen LogP) is 1.57. The van der Waals surface area contributed by atoms with Crippen LogP contribution in [0.5, 0.6) is 0 Å². The lowest BCUT2D eigenvalue weighted by Gasteiger charge is -2.23. The zero-order chi connectivity index (χ0) is 14.4. The second-order valence-corrected chi connectivity index (χ2v) is 5.02. The standard InChI is InChI=1S/C13H19BrN2O3/c1-9-7-11(8-10(2)12(9)14)16(4-6-18)13(19)15-3-5-17/h7-8,17-18H,3-6H2,1-2H3,(H,15,19). The predicted molar refractivity (Wildman–Crippen MR) is 78.5 cm³/mol. The first-order valence-electron chi connectivity index (χ1n) is 6.05. The zero-order valence-corrected chi connectivity index (χ0v) is 12.7. The van der Waals surface area contributed by atoms with E-state index in [1.54, 1.807) is 0 Å². The number of nitrogens with zero attached hydrogens (tertiary/aromatic N) is 1. The van der Waals surface area contributed by atoms with E-state index in [1.165, 1.54) is 4.90 Å². The summed E-state index contributed by atoms with van der Waals surface area (Å²) in [7, 11) is 0. The van der Waals surface area contributed by atoms with Crippen molar-refractivity contribution in [3.63, 3.8) is 0 Å². The number of carbonyl (C=O) groups is 1. The minimum absolute atomic E-state index is 0.114. The van der Waals surface area contributed by atoms with Crippen molar-refractivity contribution in [1.29, 1.82) is 0 Å². The van der Waals surface area contributed by atoms with Crippen LogP contribution in [-0.4, -0.2) is 42.5 Å². The van der Waals surface area contributed by atoms with Gasteiger partial charge in [-0.15, -0.1) is 0 Å². The van der Waals surface area contributed by atoms with Crippen molar-refractivity contribution in [2.24, 2.45) is 0 Å². The molecule has 5 nitrogen and oxygen atoms in total. The van der Waals surface area contributed by atoms with E-state index < -0.39 is 0 Å². The molecule has 0 unspecified atom stereocenters. The first-order chi connectivity index (χ1) is 9.01. The number of urea groups is 1. The number of hydrogen-bond acceptors (Lipinski definition) is 3. The molecule has 6 heteroatoms. The third-order valence-electron chi connectivity index (χ3n) is 2.69. The minimum atomic E-state index is -0.329. The lowest BCUT2D eigenvalue weighted by molar-refractivity contribution is 0.235. The van der Waals surface area contributed by atoms with Crippen molar-refractivity contribution >= 4 is 27.6 Å². The number of aliphatic hydroxyl groups is 2. The number of halogens is 1. The summed E-state index contributed by atoms with van der Waals surface area (Å²) in [5.74, 6) is 0. The highest BCUT2D eigenvalue weighted by Gasteiger charge is 2.16. The summed E-state index contributed by atoms with van der Waals surface area (Å²) in [4.78, 5) is 13.4. The lowest BCUT2D eigenvalue weighted by Crippen LogP contribution is -2.42. The summed E-state index contributed by atoms with van der Waals surface area (Å²) in [6.07, 6.45) is 0. The van der Waals surface area contributed by atoms with Gasteiger partial charge in [-0.3, -0.25) is 4.90 Å². The van der Waals surface area contributed by atoms with Gasteiger partial charge in [0.15, 0.2) is 0 Å². The van der Waals surface area contributed by atoms with Crippen LogP contribution in [0, 0.1) is 13.8 Å². The van der Waals surface area contributed by atoms with Gasteiger partial charge in [0.2, 0.25) is 0 Å². The third kappa shape index (κ3) is 4.19. The molecule has 19 heavy (non-hydrogen) atoms. The topological polar surface area (TPSA) is 72.8 Å². The van der Waals surface area contributed by atoms with Crippen LogP contribution in [-0.2, 0) is 0 Å². The van der Waals surface area contributed by atoms with Crippen molar-refractivity contribution in [3.05, 3.63) is 27.7 Å². The Morgan fingerprint density at radius 1 is 1.26 bits per heavy atom. The van der Waals surface area contributed by atoms with Crippen molar-refractivity contribution in [2.75, 3.05) is 31.2 Å². The van der Waals surface area contributed by atoms with Crippen LogP contribution in [0.2, 0.25) is 0 Å². The monoisotopic (exact) mass is 330 g/mol. The van der Waals surface area contributed by atoms with E-state index in [0.29, 0.717) is 0 Å². The van der Waals surface area contributed by atoms with Gasteiger partial charge >= 0.3 is 6.03 Å². The van der Waals surface area contributed by atoms with Crippen molar-refractivity contribution in [1.82, 2.24) is 5.32 Å². The summed E-state index contributed by atoms with van der Waals surface area (Å²) in [6.45, 7) is 4.05. The summed E-state index contributed by atoms with van der Waals surface area (Å²) < 4.78 is 1.01. The maximum atomic E-state index is 12.0. The summed E-state index contributed by atoms with van der Waals surface area (Å²) >= 11 is 3.48. The number of rotatable bonds is 5. The van der Waals surface area contributed by atoms with E-state index in [-0.39, 0.29) is 32.3 Å². The fourth-order valence-electron chi connectivity index (χ4n) is 1.79. The number of carbonyl (C=O) groups excluding carboxylic acids is 1. The second-order valence-electron chi connectivity index (χ2n) is 4.22. The molecule has 0 saturated heterocycles. The van der Waals surface area contributed by atoms with Crippen LogP contribution in [0.3, 0.4) is 0 Å². The molecular formula is C13H19BrN2O3. The van der Waals surface area contributed by atoms with Crippen LogP contribution in [0.25, 0.3) is 0 Å². The first kappa shape index (κ1) is 15.9. The van der Waals surface area contributed by atoms with Gasteiger partial charge < -0.3 is 15.5 Å². The van der Waals surface area contributed by atoms with Crippen LogP contribution >= 0.6 is 15.9 Å². The molecule has 1 aromatic rings. The Labute approximate surface area is 121 Å². The lowest BCUT2D eigenvalue weighted by atomic mass is 10.1. The molecule has 0 fully saturated rings. The van der Waals surface area contributed by atoms with E-state index >= 15 is 0 Å². The van der Waals surface area contributed by atoms with Gasteiger partial charge in [-0.05, 0) is 37.1 Å². The van der Waals surface area contributed by atoms with Crippen LogP contribution in [0.4, 0.5) is 10.5 Å². The van der Waals surface area contributed by atoms with Crippen LogP contribution in [0.1, 0.15) is 11.1 Å². The molecule has 1 rings (SSSR count). The Hall–Kier alpha value is -1.11. The summed E-state index contributed by atoms with van der Waals surface area (Å²) in [5.41, 5.74) is 2.77. The SMILES string of the molecule is Cc1cc(N(CCO)C(=O)NCCO)cc(C)c1Br. The number of aryl methyl sites for hydroxylation is 2. The zero-order valence-electron chi connectivity index (χ0n) is 11.1. The Morgan fingerprint density at radius 3 is 2.32 bits per heavy atom. The quantitative estimate of drug-likeness (QED) is 0.767. The molecule has 0 saturated carbocycles. The van der Waals surface area contributed by atoms with E-state index in [2.05, 4.69) is 21.2 Å². The third-order valence-corrected chi connectivity index (χ3v) is 3.94. The average Bonchev–Trinajstić information content (AvgIpc) is 2.38. The number of aliphatic hydroxyl groups excluding tert-OH is 2. The molecule has 2 amide bonds. The Bertz CT molecular complexity index is 429. The minimum Gasteiger partial charge on any atom is -0.395 e. The fraction of sp³-hybridized carbons (Fsp3) is 0.462. The van der Waals surface area contributed by atoms with Crippen LogP contribution < -0.4 is 10.2 Å². The maximum absolute atomic E-state index is 12.0. The molecule has 1 aromatic carbocycles. The molecular weight excluding hydrogens is 312 g/mol. The molecule has 0 aliphatic heterocycles. The van der Waals surface area contributed by atoms with Gasteiger partial charge in [-0.25, -0.2) is 4.79 Å². The van der Waals surface area contributed by atoms with Crippen molar-refractivity contribution in [2.45, 2.75) is 13.8 Å². The molecule has 106 valence electrons. The van der Waals surface area contributed by atoms with Gasteiger partial charge in [-0.2, -0.15) is 0 Å². The molecule has 0 aliphatic rings. The van der Waals surface area contributed by atoms with E-state index in [9.17, 15) is 4.79 Å². The Kier molecular flexibility index (Phi) is 6.27. The van der Waals surface area contributed by atoms with Gasteiger partial charge in [0, 0.05) is 16.7 Å². The van der Waals surface area contributed by atoms with E-state index in [4.69, 9.17) is 10.2 Å². The van der Waals surface area contributed by atoms with Crippen molar-refractivity contribution in [3.8, 4) is 0 Å². The van der Waals surface area contributed by atoms with Crippen LogP contribution in [0.15, 0.2) is 16.6 Å². The average molecular weight is 331 g/mol. The number of hydrogen-bond donors (Lipinski definition) is 3. The number of benzene rings is 1. The highest BCUT2D eigenvalue weighted by molar-refractivity contribution is 9.10. The second kappa shape index (κ2) is 7.47. The number of anilines is 1. The fourth-order valence-corrected chi connectivity index (χ4v) is 2.01. The number of nitrogens with one attached hydrogen (secondary N) is 1.